The van der Waals surface area contributed by atoms with E-state index < -0.39 is 20.7 Å². The van der Waals surface area contributed by atoms with Crippen molar-refractivity contribution in [1.82, 2.24) is 0 Å². The zero-order chi connectivity index (χ0) is 21.7. The second-order valence-electron chi connectivity index (χ2n) is 6.03. The fourth-order valence-corrected chi connectivity index (χ4v) is 4.10. The summed E-state index contributed by atoms with van der Waals surface area (Å²) in [4.78, 5) is 13.0. The number of Topliss-reactive ketones (excluding diaryl/α,β-unsaturated/α-hetero) is 1. The molecule has 0 aliphatic carbocycles. The number of ketones is 1. The summed E-state index contributed by atoms with van der Waals surface area (Å²) in [5.74, 6) is -0.257. The van der Waals surface area contributed by atoms with Gasteiger partial charge >= 0.3 is 0 Å². The molecule has 0 aromatic heterocycles. The van der Waals surface area contributed by atoms with Gasteiger partial charge in [0.1, 0.15) is 5.75 Å². The summed E-state index contributed by atoms with van der Waals surface area (Å²) in [6, 6.07) is 18.2. The number of sulfone groups is 1. The zero-order valence-corrected chi connectivity index (χ0v) is 18.0. The van der Waals surface area contributed by atoms with Crippen LogP contribution in [0.25, 0.3) is 0 Å². The Morgan fingerprint density at radius 3 is 2.27 bits per heavy atom. The predicted octanol–water partition coefficient (Wildman–Crippen LogP) is 5.08. The quantitative estimate of drug-likeness (QED) is 0.238. The van der Waals surface area contributed by atoms with E-state index in [9.17, 15) is 13.2 Å². The molecule has 0 unspecified atom stereocenters. The van der Waals surface area contributed by atoms with E-state index in [1.165, 1.54) is 43.5 Å². The van der Waals surface area contributed by atoms with Crippen molar-refractivity contribution in [2.24, 2.45) is 5.10 Å². The summed E-state index contributed by atoms with van der Waals surface area (Å²) < 4.78 is 31.4. The number of hydrazone groups is 1. The van der Waals surface area contributed by atoms with Gasteiger partial charge in [-0.15, -0.1) is 0 Å². The minimum atomic E-state index is -4.23. The molecule has 0 spiro atoms. The molecule has 0 heterocycles. The molecule has 0 amide bonds. The highest BCUT2D eigenvalue weighted by Crippen LogP contribution is 2.26. The molecule has 6 nitrogen and oxygen atoms in total. The fraction of sp³-hybridized carbons (Fsp3) is 0.0476. The van der Waals surface area contributed by atoms with Crippen molar-refractivity contribution in [3.05, 3.63) is 88.4 Å². The lowest BCUT2D eigenvalue weighted by Gasteiger charge is -2.10. The van der Waals surface area contributed by atoms with Gasteiger partial charge in [-0.25, -0.2) is 8.42 Å². The Balaban J connectivity index is 2.08. The molecule has 3 aromatic carbocycles. The Bertz CT molecular complexity index is 1200. The SMILES string of the molecule is COc1ccc(C(=O)/C(=N\Nc2cc(Cl)ccc2Cl)S(=O)(=O)c2ccccc2)cc1. The Morgan fingerprint density at radius 1 is 0.967 bits per heavy atom. The lowest BCUT2D eigenvalue weighted by Crippen LogP contribution is -2.26. The maximum atomic E-state index is 13.2. The summed E-state index contributed by atoms with van der Waals surface area (Å²) in [5, 5.41) is 3.86. The summed E-state index contributed by atoms with van der Waals surface area (Å²) in [6.45, 7) is 0. The van der Waals surface area contributed by atoms with E-state index in [-0.39, 0.29) is 21.2 Å². The van der Waals surface area contributed by atoms with Crippen LogP contribution in [0.2, 0.25) is 10.0 Å². The molecule has 0 saturated heterocycles. The highest BCUT2D eigenvalue weighted by molar-refractivity contribution is 8.08. The largest absolute Gasteiger partial charge is 0.497 e. The molecule has 3 aromatic rings. The second-order valence-corrected chi connectivity index (χ2v) is 8.74. The summed E-state index contributed by atoms with van der Waals surface area (Å²) in [6.07, 6.45) is 0. The van der Waals surface area contributed by atoms with Gasteiger partial charge in [0, 0.05) is 10.6 Å². The Kier molecular flexibility index (Phi) is 6.77. The lowest BCUT2D eigenvalue weighted by atomic mass is 10.1. The second kappa shape index (κ2) is 9.30. The van der Waals surface area contributed by atoms with Crippen molar-refractivity contribution in [3.8, 4) is 5.75 Å². The van der Waals surface area contributed by atoms with Crippen LogP contribution in [-0.4, -0.2) is 26.4 Å². The average Bonchev–Trinajstić information content (AvgIpc) is 2.76. The predicted molar refractivity (Wildman–Crippen MR) is 118 cm³/mol. The van der Waals surface area contributed by atoms with Crippen LogP contribution in [0.3, 0.4) is 0 Å². The summed E-state index contributed by atoms with van der Waals surface area (Å²) >= 11 is 12.1. The number of benzene rings is 3. The van der Waals surface area contributed by atoms with Crippen LogP contribution in [0, 0.1) is 0 Å². The van der Waals surface area contributed by atoms with Crippen LogP contribution in [0.5, 0.6) is 5.75 Å². The van der Waals surface area contributed by atoms with Crippen molar-refractivity contribution in [2.45, 2.75) is 4.90 Å². The van der Waals surface area contributed by atoms with E-state index in [2.05, 4.69) is 10.5 Å². The number of ether oxygens (including phenoxy) is 1. The topological polar surface area (TPSA) is 84.8 Å². The molecule has 0 atom stereocenters. The first kappa shape index (κ1) is 21.8. The molecular weight excluding hydrogens is 447 g/mol. The van der Waals surface area contributed by atoms with Gasteiger partial charge in [-0.1, -0.05) is 41.4 Å². The molecule has 0 bridgehead atoms. The van der Waals surface area contributed by atoms with Gasteiger partial charge in [0.2, 0.25) is 20.7 Å². The number of carbonyl (C=O) groups is 1. The molecule has 30 heavy (non-hydrogen) atoms. The number of nitrogens with zero attached hydrogens (tertiary/aromatic N) is 1. The van der Waals surface area contributed by atoms with E-state index >= 15 is 0 Å². The molecule has 0 saturated carbocycles. The molecule has 0 fully saturated rings. The standard InChI is InChI=1S/C21H16Cl2N2O4S/c1-29-16-10-7-14(8-11-16)20(26)21(30(27,28)17-5-3-2-4-6-17)25-24-19-13-15(22)9-12-18(19)23/h2-13,24H,1H3/b25-21+. The zero-order valence-electron chi connectivity index (χ0n) is 15.7. The Labute approximate surface area is 184 Å². The molecule has 154 valence electrons. The van der Waals surface area contributed by atoms with Crippen LogP contribution >= 0.6 is 23.2 Å². The van der Waals surface area contributed by atoms with Gasteiger partial charge in [-0.2, -0.15) is 5.10 Å². The van der Waals surface area contributed by atoms with Crippen LogP contribution < -0.4 is 10.2 Å². The monoisotopic (exact) mass is 462 g/mol. The van der Waals surface area contributed by atoms with Crippen molar-refractivity contribution in [1.29, 1.82) is 0 Å². The Morgan fingerprint density at radius 2 is 1.63 bits per heavy atom. The Hall–Kier alpha value is -2.87. The number of hydrogen-bond donors (Lipinski definition) is 1. The molecule has 1 N–H and O–H groups in total. The smallest absolute Gasteiger partial charge is 0.229 e. The third kappa shape index (κ3) is 4.81. The van der Waals surface area contributed by atoms with Crippen LogP contribution in [-0.2, 0) is 9.84 Å². The molecular formula is C21H16Cl2N2O4S. The first-order chi connectivity index (χ1) is 14.3. The minimum absolute atomic E-state index is 0.0652. The van der Waals surface area contributed by atoms with Crippen LogP contribution in [0.15, 0.2) is 82.8 Å². The first-order valence-electron chi connectivity index (χ1n) is 8.60. The molecule has 9 heteroatoms. The molecule has 0 aliphatic rings. The van der Waals surface area contributed by atoms with Gasteiger partial charge < -0.3 is 4.74 Å². The van der Waals surface area contributed by atoms with Gasteiger partial charge in [0.05, 0.1) is 22.7 Å². The van der Waals surface area contributed by atoms with E-state index in [1.54, 1.807) is 36.4 Å². The summed E-state index contributed by atoms with van der Waals surface area (Å²) in [5.41, 5.74) is 2.94. The fourth-order valence-electron chi connectivity index (χ4n) is 2.50. The van der Waals surface area contributed by atoms with E-state index in [4.69, 9.17) is 27.9 Å². The van der Waals surface area contributed by atoms with Crippen molar-refractivity contribution in [3.63, 3.8) is 0 Å². The number of hydrogen-bond acceptors (Lipinski definition) is 6. The summed E-state index contributed by atoms with van der Waals surface area (Å²) in [7, 11) is -2.74. The highest BCUT2D eigenvalue weighted by Gasteiger charge is 2.30. The number of rotatable bonds is 6. The highest BCUT2D eigenvalue weighted by atomic mass is 35.5. The number of methoxy groups -OCH3 is 1. The van der Waals surface area contributed by atoms with Gasteiger partial charge in [0.15, 0.2) is 0 Å². The first-order valence-corrected chi connectivity index (χ1v) is 10.8. The van der Waals surface area contributed by atoms with Crippen molar-refractivity contribution >= 4 is 49.6 Å². The number of halogens is 2. The van der Waals surface area contributed by atoms with E-state index in [0.29, 0.717) is 10.8 Å². The molecule has 3 rings (SSSR count). The molecule has 0 radical (unpaired) electrons. The minimum Gasteiger partial charge on any atom is -0.497 e. The third-order valence-corrected chi connectivity index (χ3v) is 6.30. The van der Waals surface area contributed by atoms with Gasteiger partial charge in [-0.3, -0.25) is 10.2 Å². The number of nitrogens with one attached hydrogen (secondary N) is 1. The van der Waals surface area contributed by atoms with Gasteiger partial charge in [-0.05, 0) is 54.6 Å². The van der Waals surface area contributed by atoms with Crippen LogP contribution in [0.1, 0.15) is 10.4 Å². The number of anilines is 1. The normalized spacial score (nSPS) is 11.8. The number of carbonyl (C=O) groups excluding carboxylic acids is 1. The van der Waals surface area contributed by atoms with Crippen LogP contribution in [0.4, 0.5) is 5.69 Å². The third-order valence-electron chi connectivity index (χ3n) is 4.06. The van der Waals surface area contributed by atoms with E-state index in [1.807, 2.05) is 0 Å². The average molecular weight is 463 g/mol. The van der Waals surface area contributed by atoms with E-state index in [0.717, 1.165) is 0 Å². The van der Waals surface area contributed by atoms with Gasteiger partial charge in [0.25, 0.3) is 0 Å². The maximum absolute atomic E-state index is 13.2. The van der Waals surface area contributed by atoms with Crippen molar-refractivity contribution < 1.29 is 17.9 Å². The maximum Gasteiger partial charge on any atom is 0.229 e. The van der Waals surface area contributed by atoms with Crippen molar-refractivity contribution in [2.75, 3.05) is 12.5 Å². The molecule has 0 aliphatic heterocycles. The lowest BCUT2D eigenvalue weighted by molar-refractivity contribution is 0.106.